The van der Waals surface area contributed by atoms with Gasteiger partial charge in [-0.1, -0.05) is 30.3 Å². The van der Waals surface area contributed by atoms with Gasteiger partial charge in [-0.3, -0.25) is 10.1 Å². The minimum atomic E-state index is -0.654. The van der Waals surface area contributed by atoms with E-state index in [-0.39, 0.29) is 16.7 Å². The molecule has 3 aromatic rings. The molecular formula is C23H19N3O4. The van der Waals surface area contributed by atoms with E-state index < -0.39 is 6.23 Å². The molecule has 0 spiro atoms. The Balaban J connectivity index is 1.58. The fourth-order valence-corrected chi connectivity index (χ4v) is 3.94. The summed E-state index contributed by atoms with van der Waals surface area (Å²) >= 11 is 0. The van der Waals surface area contributed by atoms with Crippen LogP contribution in [-0.2, 0) is 0 Å². The van der Waals surface area contributed by atoms with Crippen LogP contribution in [0, 0.1) is 10.1 Å². The van der Waals surface area contributed by atoms with Crippen molar-refractivity contribution in [2.24, 2.45) is 0 Å². The second kappa shape index (κ2) is 7.20. The van der Waals surface area contributed by atoms with Gasteiger partial charge in [-0.2, -0.15) is 5.01 Å². The molecule has 2 unspecified atom stereocenters. The van der Waals surface area contributed by atoms with Gasteiger partial charge in [-0.05, 0) is 48.0 Å². The summed E-state index contributed by atoms with van der Waals surface area (Å²) in [4.78, 5) is 11.3. The maximum atomic E-state index is 11.6. The topological polar surface area (TPSA) is 76.9 Å². The number of benzene rings is 3. The average Bonchev–Trinajstić information content (AvgIpc) is 3.24. The molecule has 7 heteroatoms. The third kappa shape index (κ3) is 2.96. The van der Waals surface area contributed by atoms with E-state index in [1.807, 2.05) is 53.5 Å². The Labute approximate surface area is 173 Å². The third-order valence-corrected chi connectivity index (χ3v) is 5.40. The Morgan fingerprint density at radius 3 is 2.43 bits per heavy atom. The Kier molecular flexibility index (Phi) is 4.37. The quantitative estimate of drug-likeness (QED) is 0.509. The molecule has 30 heavy (non-hydrogen) atoms. The van der Waals surface area contributed by atoms with Crippen LogP contribution in [0.5, 0.6) is 11.5 Å². The number of hydrogen-bond acceptors (Lipinski definition) is 6. The maximum Gasteiger partial charge on any atom is 0.277 e. The highest BCUT2D eigenvalue weighted by Crippen LogP contribution is 2.47. The van der Waals surface area contributed by atoms with E-state index in [2.05, 4.69) is 11.5 Å². The summed E-state index contributed by atoms with van der Waals surface area (Å²) in [7, 11) is 1.63. The number of para-hydroxylation sites is 2. The molecule has 0 aliphatic carbocycles. The number of fused-ring (bicyclic) bond motifs is 3. The molecule has 3 aromatic carbocycles. The van der Waals surface area contributed by atoms with E-state index in [0.717, 1.165) is 28.3 Å². The van der Waals surface area contributed by atoms with E-state index in [1.54, 1.807) is 25.3 Å². The van der Waals surface area contributed by atoms with Crippen molar-refractivity contribution in [2.45, 2.75) is 12.3 Å². The number of hydrogen-bond donors (Lipinski definition) is 1. The lowest BCUT2D eigenvalue weighted by Crippen LogP contribution is -2.43. The molecule has 0 radical (unpaired) electrons. The molecule has 7 nitrogen and oxygen atoms in total. The first-order valence-corrected chi connectivity index (χ1v) is 9.56. The van der Waals surface area contributed by atoms with Crippen LogP contribution in [0.3, 0.4) is 0 Å². The smallest absolute Gasteiger partial charge is 0.277 e. The monoisotopic (exact) mass is 401 g/mol. The van der Waals surface area contributed by atoms with Crippen molar-refractivity contribution in [1.29, 1.82) is 0 Å². The highest BCUT2D eigenvalue weighted by molar-refractivity contribution is 5.68. The normalized spacial score (nSPS) is 19.7. The Bertz CT molecular complexity index is 1140. The maximum absolute atomic E-state index is 11.6. The zero-order chi connectivity index (χ0) is 20.7. The van der Waals surface area contributed by atoms with Crippen LogP contribution >= 0.6 is 0 Å². The summed E-state index contributed by atoms with van der Waals surface area (Å²) in [5.74, 6) is 1.50. The second-order valence-corrected chi connectivity index (χ2v) is 7.10. The van der Waals surface area contributed by atoms with Gasteiger partial charge in [0.1, 0.15) is 11.5 Å². The molecule has 2 heterocycles. The lowest BCUT2D eigenvalue weighted by atomic mass is 10.0. The van der Waals surface area contributed by atoms with Gasteiger partial charge in [0.15, 0.2) is 0 Å². The van der Waals surface area contributed by atoms with E-state index in [4.69, 9.17) is 9.47 Å². The number of ether oxygens (including phenoxy) is 2. The van der Waals surface area contributed by atoms with Crippen molar-refractivity contribution in [3.05, 3.63) is 106 Å². The molecule has 2 aliphatic heterocycles. The lowest BCUT2D eigenvalue weighted by Gasteiger charge is -2.38. The van der Waals surface area contributed by atoms with Crippen molar-refractivity contribution < 1.29 is 14.4 Å². The summed E-state index contributed by atoms with van der Waals surface area (Å²) in [6, 6.07) is 22.1. The molecule has 1 N–H and O–H groups in total. The number of rotatable bonds is 4. The second-order valence-electron chi connectivity index (χ2n) is 7.10. The number of nitrogens with zero attached hydrogens (tertiary/aromatic N) is 2. The van der Waals surface area contributed by atoms with Crippen molar-refractivity contribution in [3.8, 4) is 11.5 Å². The van der Waals surface area contributed by atoms with Gasteiger partial charge in [0.05, 0.1) is 29.3 Å². The first-order chi connectivity index (χ1) is 14.7. The molecule has 5 rings (SSSR count). The SMILES string of the molecule is COc1ccc(C2=CC3c4ccccc4OC(c4ccccc4[N+](=O)[O-])N3N2)cc1. The average molecular weight is 401 g/mol. The molecule has 150 valence electrons. The highest BCUT2D eigenvalue weighted by Gasteiger charge is 2.42. The van der Waals surface area contributed by atoms with Crippen LogP contribution in [0.2, 0.25) is 0 Å². The first-order valence-electron chi connectivity index (χ1n) is 9.56. The van der Waals surface area contributed by atoms with Crippen LogP contribution in [0.4, 0.5) is 5.69 Å². The largest absolute Gasteiger partial charge is 0.497 e. The molecule has 2 atom stereocenters. The van der Waals surface area contributed by atoms with Gasteiger partial charge in [0.25, 0.3) is 5.69 Å². The van der Waals surface area contributed by atoms with E-state index in [1.165, 1.54) is 6.07 Å². The Morgan fingerprint density at radius 1 is 1.00 bits per heavy atom. The number of methoxy groups -OCH3 is 1. The Hall–Kier alpha value is -3.84. The van der Waals surface area contributed by atoms with Crippen LogP contribution in [0.25, 0.3) is 5.70 Å². The number of nitro benzene ring substituents is 1. The van der Waals surface area contributed by atoms with Crippen molar-refractivity contribution in [1.82, 2.24) is 10.4 Å². The number of nitrogens with one attached hydrogen (secondary N) is 1. The molecule has 0 bridgehead atoms. The fourth-order valence-electron chi connectivity index (χ4n) is 3.94. The van der Waals surface area contributed by atoms with Crippen LogP contribution < -0.4 is 14.9 Å². The van der Waals surface area contributed by atoms with Crippen LogP contribution in [0.15, 0.2) is 78.9 Å². The number of hydrazine groups is 1. The van der Waals surface area contributed by atoms with Crippen LogP contribution in [0.1, 0.15) is 29.0 Å². The van der Waals surface area contributed by atoms with E-state index >= 15 is 0 Å². The van der Waals surface area contributed by atoms with Gasteiger partial charge in [-0.15, -0.1) is 0 Å². The molecular weight excluding hydrogens is 382 g/mol. The predicted octanol–water partition coefficient (Wildman–Crippen LogP) is 4.60. The molecule has 2 aliphatic rings. The zero-order valence-corrected chi connectivity index (χ0v) is 16.2. The molecule has 0 fully saturated rings. The minimum Gasteiger partial charge on any atom is -0.497 e. The summed E-state index contributed by atoms with van der Waals surface area (Å²) in [5, 5.41) is 13.6. The summed E-state index contributed by atoms with van der Waals surface area (Å²) in [5.41, 5.74) is 6.84. The Morgan fingerprint density at radius 2 is 1.70 bits per heavy atom. The fraction of sp³-hybridized carbons (Fsp3) is 0.130. The standard InChI is InChI=1S/C23H19N3O4/c1-29-16-12-10-15(11-13-16)19-14-21-17-6-3-5-9-22(17)30-23(25(21)24-19)18-7-2-4-8-20(18)26(27)28/h2-14,21,23-24H,1H3. The molecule has 0 saturated heterocycles. The third-order valence-electron chi connectivity index (χ3n) is 5.40. The van der Waals surface area contributed by atoms with Crippen molar-refractivity contribution >= 4 is 11.4 Å². The summed E-state index contributed by atoms with van der Waals surface area (Å²) in [6.07, 6.45) is 1.46. The van der Waals surface area contributed by atoms with Crippen molar-refractivity contribution in [2.75, 3.05) is 7.11 Å². The molecule has 0 aromatic heterocycles. The minimum absolute atomic E-state index is 0.0281. The van der Waals surface area contributed by atoms with Gasteiger partial charge >= 0.3 is 0 Å². The highest BCUT2D eigenvalue weighted by atomic mass is 16.6. The summed E-state index contributed by atoms with van der Waals surface area (Å²) in [6.45, 7) is 0. The van der Waals surface area contributed by atoms with Crippen LogP contribution in [-0.4, -0.2) is 17.0 Å². The molecule has 0 saturated carbocycles. The zero-order valence-electron chi connectivity index (χ0n) is 16.2. The summed E-state index contributed by atoms with van der Waals surface area (Å²) < 4.78 is 11.5. The first kappa shape index (κ1) is 18.2. The van der Waals surface area contributed by atoms with Gasteiger partial charge < -0.3 is 14.9 Å². The lowest BCUT2D eigenvalue weighted by molar-refractivity contribution is -0.386. The van der Waals surface area contributed by atoms with Gasteiger partial charge in [0, 0.05) is 11.6 Å². The van der Waals surface area contributed by atoms with Gasteiger partial charge in [-0.25, -0.2) is 0 Å². The number of nitro groups is 1. The molecule has 0 amide bonds. The predicted molar refractivity (Wildman–Crippen MR) is 112 cm³/mol. The van der Waals surface area contributed by atoms with Gasteiger partial charge in [0.2, 0.25) is 6.23 Å². The van der Waals surface area contributed by atoms with E-state index in [9.17, 15) is 10.1 Å². The van der Waals surface area contributed by atoms with Crippen molar-refractivity contribution in [3.63, 3.8) is 0 Å². The van der Waals surface area contributed by atoms with E-state index in [0.29, 0.717) is 5.56 Å².